The maximum atomic E-state index is 4.06. The van der Waals surface area contributed by atoms with Crippen LogP contribution >= 0.6 is 0 Å². The van der Waals surface area contributed by atoms with Gasteiger partial charge in [-0.2, -0.15) is 0 Å². The van der Waals surface area contributed by atoms with Crippen LogP contribution in [0.4, 0.5) is 0 Å². The minimum Gasteiger partial charge on any atom is -0.381 e. The molecule has 0 unspecified atom stereocenters. The standard InChI is InChI=1S/C12H23N/c1-11(13(2)3)9-10-12-7-5-4-6-8-12/h12H,1,4-10H2,2-3H3. The number of hydrogen-bond acceptors (Lipinski definition) is 1. The number of hydrogen-bond donors (Lipinski definition) is 0. The van der Waals surface area contributed by atoms with E-state index in [1.165, 1.54) is 50.6 Å². The average molecular weight is 181 g/mol. The molecule has 0 aromatic carbocycles. The second-order valence-electron chi connectivity index (χ2n) is 4.50. The summed E-state index contributed by atoms with van der Waals surface area (Å²) < 4.78 is 0. The maximum absolute atomic E-state index is 4.06. The van der Waals surface area contributed by atoms with Crippen LogP contribution in [0.25, 0.3) is 0 Å². The predicted molar refractivity (Wildman–Crippen MR) is 58.6 cm³/mol. The van der Waals surface area contributed by atoms with Crippen LogP contribution in [-0.4, -0.2) is 19.0 Å². The SMILES string of the molecule is C=C(CCC1CCCCC1)N(C)C. The third-order valence-corrected chi connectivity index (χ3v) is 3.20. The Labute approximate surface area is 82.8 Å². The largest absolute Gasteiger partial charge is 0.381 e. The molecule has 1 rings (SSSR count). The molecule has 0 aliphatic heterocycles. The summed E-state index contributed by atoms with van der Waals surface area (Å²) in [6.07, 6.45) is 9.85. The fraction of sp³-hybridized carbons (Fsp3) is 0.833. The minimum atomic E-state index is 0.991. The molecule has 13 heavy (non-hydrogen) atoms. The van der Waals surface area contributed by atoms with Gasteiger partial charge in [0, 0.05) is 19.8 Å². The van der Waals surface area contributed by atoms with Gasteiger partial charge in [-0.3, -0.25) is 0 Å². The van der Waals surface area contributed by atoms with Crippen molar-refractivity contribution < 1.29 is 0 Å². The molecule has 0 spiro atoms. The third kappa shape index (κ3) is 3.84. The van der Waals surface area contributed by atoms with Gasteiger partial charge in [0.05, 0.1) is 0 Å². The van der Waals surface area contributed by atoms with E-state index in [-0.39, 0.29) is 0 Å². The van der Waals surface area contributed by atoms with E-state index in [4.69, 9.17) is 0 Å². The van der Waals surface area contributed by atoms with E-state index in [1.54, 1.807) is 0 Å². The average Bonchev–Trinajstić information content (AvgIpc) is 2.15. The molecule has 0 radical (unpaired) electrons. The Balaban J connectivity index is 2.13. The van der Waals surface area contributed by atoms with Gasteiger partial charge in [-0.25, -0.2) is 0 Å². The molecule has 1 aliphatic carbocycles. The summed E-state index contributed by atoms with van der Waals surface area (Å²) in [5.74, 6) is 0.991. The van der Waals surface area contributed by atoms with Gasteiger partial charge in [-0.05, 0) is 18.8 Å². The van der Waals surface area contributed by atoms with E-state index in [2.05, 4.69) is 25.6 Å². The predicted octanol–water partition coefficient (Wildman–Crippen LogP) is 3.42. The van der Waals surface area contributed by atoms with E-state index < -0.39 is 0 Å². The lowest BCUT2D eigenvalue weighted by atomic mass is 9.86. The van der Waals surface area contributed by atoms with Gasteiger partial charge < -0.3 is 4.90 Å². The summed E-state index contributed by atoms with van der Waals surface area (Å²) >= 11 is 0. The fourth-order valence-electron chi connectivity index (χ4n) is 2.07. The quantitative estimate of drug-likeness (QED) is 0.642. The van der Waals surface area contributed by atoms with Crippen molar-refractivity contribution >= 4 is 0 Å². The van der Waals surface area contributed by atoms with E-state index in [9.17, 15) is 0 Å². The Hall–Kier alpha value is -0.460. The first-order valence-electron chi connectivity index (χ1n) is 5.55. The molecule has 1 nitrogen and oxygen atoms in total. The van der Waals surface area contributed by atoms with Gasteiger partial charge in [-0.15, -0.1) is 0 Å². The highest BCUT2D eigenvalue weighted by atomic mass is 15.1. The number of rotatable bonds is 4. The van der Waals surface area contributed by atoms with Crippen molar-refractivity contribution in [3.63, 3.8) is 0 Å². The van der Waals surface area contributed by atoms with Gasteiger partial charge in [0.1, 0.15) is 0 Å². The Kier molecular flexibility index (Phi) is 4.34. The van der Waals surface area contributed by atoms with Crippen molar-refractivity contribution in [3.8, 4) is 0 Å². The third-order valence-electron chi connectivity index (χ3n) is 3.20. The van der Waals surface area contributed by atoms with Gasteiger partial charge >= 0.3 is 0 Å². The molecule has 1 aliphatic rings. The van der Waals surface area contributed by atoms with E-state index in [0.717, 1.165) is 5.92 Å². The Morgan fingerprint density at radius 2 is 1.85 bits per heavy atom. The van der Waals surface area contributed by atoms with Crippen LogP contribution in [-0.2, 0) is 0 Å². The minimum absolute atomic E-state index is 0.991. The Morgan fingerprint density at radius 1 is 1.23 bits per heavy atom. The Morgan fingerprint density at radius 3 is 2.38 bits per heavy atom. The lowest BCUT2D eigenvalue weighted by Gasteiger charge is -2.23. The molecule has 0 heterocycles. The highest BCUT2D eigenvalue weighted by Gasteiger charge is 2.13. The first-order chi connectivity index (χ1) is 6.20. The van der Waals surface area contributed by atoms with Crippen molar-refractivity contribution in [2.24, 2.45) is 5.92 Å². The van der Waals surface area contributed by atoms with E-state index >= 15 is 0 Å². The summed E-state index contributed by atoms with van der Waals surface area (Å²) in [5, 5.41) is 0. The second-order valence-corrected chi connectivity index (χ2v) is 4.50. The molecular formula is C12H23N. The summed E-state index contributed by atoms with van der Waals surface area (Å²) in [5.41, 5.74) is 1.28. The summed E-state index contributed by atoms with van der Waals surface area (Å²) in [6.45, 7) is 4.06. The van der Waals surface area contributed by atoms with Crippen molar-refractivity contribution in [1.29, 1.82) is 0 Å². The highest BCUT2D eigenvalue weighted by molar-refractivity contribution is 4.91. The topological polar surface area (TPSA) is 3.24 Å². The van der Waals surface area contributed by atoms with Gasteiger partial charge in [0.25, 0.3) is 0 Å². The van der Waals surface area contributed by atoms with Crippen molar-refractivity contribution in [2.45, 2.75) is 44.9 Å². The first-order valence-corrected chi connectivity index (χ1v) is 5.55. The molecule has 0 aromatic rings. The fourth-order valence-corrected chi connectivity index (χ4v) is 2.07. The van der Waals surface area contributed by atoms with Gasteiger partial charge in [0.15, 0.2) is 0 Å². The number of allylic oxidation sites excluding steroid dienone is 1. The molecule has 0 amide bonds. The molecule has 1 saturated carbocycles. The normalized spacial score (nSPS) is 18.6. The zero-order valence-corrected chi connectivity index (χ0v) is 9.18. The first kappa shape index (κ1) is 10.6. The lowest BCUT2D eigenvalue weighted by Crippen LogP contribution is -2.12. The summed E-state index contributed by atoms with van der Waals surface area (Å²) in [6, 6.07) is 0. The van der Waals surface area contributed by atoms with E-state index in [1.807, 2.05) is 0 Å². The molecule has 0 aromatic heterocycles. The number of nitrogens with zero attached hydrogens (tertiary/aromatic N) is 1. The molecule has 1 fully saturated rings. The smallest absolute Gasteiger partial charge is 0.00579 e. The molecule has 0 saturated heterocycles. The summed E-state index contributed by atoms with van der Waals surface area (Å²) in [4.78, 5) is 2.14. The zero-order chi connectivity index (χ0) is 9.68. The van der Waals surface area contributed by atoms with Crippen LogP contribution in [0.1, 0.15) is 44.9 Å². The molecule has 0 N–H and O–H groups in total. The Bertz CT molecular complexity index is 155. The zero-order valence-electron chi connectivity index (χ0n) is 9.18. The molecule has 1 heteroatoms. The summed E-state index contributed by atoms with van der Waals surface area (Å²) in [7, 11) is 4.17. The maximum Gasteiger partial charge on any atom is 0.00579 e. The van der Waals surface area contributed by atoms with Crippen molar-refractivity contribution in [1.82, 2.24) is 4.90 Å². The molecule has 0 atom stereocenters. The molecular weight excluding hydrogens is 158 g/mol. The van der Waals surface area contributed by atoms with Gasteiger partial charge in [-0.1, -0.05) is 38.7 Å². The lowest BCUT2D eigenvalue weighted by molar-refractivity contribution is 0.329. The van der Waals surface area contributed by atoms with Gasteiger partial charge in [0.2, 0.25) is 0 Å². The van der Waals surface area contributed by atoms with Crippen molar-refractivity contribution in [3.05, 3.63) is 12.3 Å². The molecule has 76 valence electrons. The van der Waals surface area contributed by atoms with Crippen LogP contribution in [0.3, 0.4) is 0 Å². The van der Waals surface area contributed by atoms with Crippen LogP contribution in [0.5, 0.6) is 0 Å². The van der Waals surface area contributed by atoms with Crippen LogP contribution in [0.2, 0.25) is 0 Å². The van der Waals surface area contributed by atoms with Crippen molar-refractivity contribution in [2.75, 3.05) is 14.1 Å². The monoisotopic (exact) mass is 181 g/mol. The van der Waals surface area contributed by atoms with E-state index in [0.29, 0.717) is 0 Å². The second kappa shape index (κ2) is 5.31. The highest BCUT2D eigenvalue weighted by Crippen LogP contribution is 2.28. The van der Waals surface area contributed by atoms with Crippen LogP contribution in [0.15, 0.2) is 12.3 Å². The molecule has 0 bridgehead atoms. The van der Waals surface area contributed by atoms with Crippen LogP contribution < -0.4 is 0 Å². The van der Waals surface area contributed by atoms with Crippen LogP contribution in [0, 0.1) is 5.92 Å².